The van der Waals surface area contributed by atoms with Crippen molar-refractivity contribution in [3.8, 4) is 0 Å². The summed E-state index contributed by atoms with van der Waals surface area (Å²) < 4.78 is 12.9. The Morgan fingerprint density at radius 3 is 2.70 bits per heavy atom. The van der Waals surface area contributed by atoms with E-state index in [1.54, 1.807) is 6.92 Å². The number of carboxylic acids is 1. The van der Waals surface area contributed by atoms with Crippen molar-refractivity contribution in [3.05, 3.63) is 34.6 Å². The Bertz CT molecular complexity index is 510. The first kappa shape index (κ1) is 16.2. The predicted octanol–water partition coefficient (Wildman–Crippen LogP) is 2.66. The lowest BCUT2D eigenvalue weighted by Gasteiger charge is -2.21. The van der Waals surface area contributed by atoms with E-state index in [1.165, 1.54) is 30.1 Å². The van der Waals surface area contributed by atoms with Gasteiger partial charge in [-0.05, 0) is 24.6 Å². The number of nitrogens with one attached hydrogen (secondary N) is 1. The Balaban J connectivity index is 2.63. The van der Waals surface area contributed by atoms with Gasteiger partial charge in [-0.1, -0.05) is 17.7 Å². The van der Waals surface area contributed by atoms with E-state index in [-0.39, 0.29) is 18.0 Å². The first-order valence-electron chi connectivity index (χ1n) is 5.99. The molecule has 5 nitrogen and oxygen atoms in total. The van der Waals surface area contributed by atoms with Crippen molar-refractivity contribution in [3.63, 3.8) is 0 Å². The van der Waals surface area contributed by atoms with E-state index in [9.17, 15) is 14.0 Å². The highest BCUT2D eigenvalue weighted by Crippen LogP contribution is 2.23. The molecule has 110 valence electrons. The lowest BCUT2D eigenvalue weighted by Crippen LogP contribution is -2.39. The van der Waals surface area contributed by atoms with Crippen LogP contribution in [0.25, 0.3) is 0 Å². The van der Waals surface area contributed by atoms with Crippen molar-refractivity contribution in [1.29, 1.82) is 0 Å². The van der Waals surface area contributed by atoms with Crippen LogP contribution in [0.15, 0.2) is 18.2 Å². The second-order valence-electron chi connectivity index (χ2n) is 4.40. The van der Waals surface area contributed by atoms with Gasteiger partial charge >= 0.3 is 12.0 Å². The Morgan fingerprint density at radius 1 is 1.50 bits per heavy atom. The minimum atomic E-state index is -0.973. The predicted molar refractivity (Wildman–Crippen MR) is 73.2 cm³/mol. The molecule has 1 aromatic rings. The zero-order valence-electron chi connectivity index (χ0n) is 11.2. The van der Waals surface area contributed by atoms with Crippen molar-refractivity contribution >= 4 is 23.6 Å². The van der Waals surface area contributed by atoms with Crippen LogP contribution in [0.1, 0.15) is 24.9 Å². The summed E-state index contributed by atoms with van der Waals surface area (Å²) in [7, 11) is 1.50. The molecule has 0 spiro atoms. The van der Waals surface area contributed by atoms with Crippen molar-refractivity contribution in [2.75, 3.05) is 13.6 Å². The Labute approximate surface area is 121 Å². The van der Waals surface area contributed by atoms with Gasteiger partial charge in [0.1, 0.15) is 5.82 Å². The minimum absolute atomic E-state index is 0.102. The van der Waals surface area contributed by atoms with Gasteiger partial charge in [0.05, 0.1) is 12.5 Å². The molecule has 20 heavy (non-hydrogen) atoms. The van der Waals surface area contributed by atoms with Crippen LogP contribution < -0.4 is 5.32 Å². The lowest BCUT2D eigenvalue weighted by molar-refractivity contribution is -0.137. The molecule has 1 rings (SSSR count). The van der Waals surface area contributed by atoms with E-state index >= 15 is 0 Å². The summed E-state index contributed by atoms with van der Waals surface area (Å²) in [6.45, 7) is 1.81. The molecule has 2 N–H and O–H groups in total. The minimum Gasteiger partial charge on any atom is -0.481 e. The average molecular weight is 303 g/mol. The van der Waals surface area contributed by atoms with Gasteiger partial charge < -0.3 is 15.3 Å². The standard InChI is InChI=1S/C13H16ClFN2O3/c1-8(10-4-3-9(15)7-11(10)14)16-13(20)17(2)6-5-12(18)19/h3-4,7-8H,5-6H2,1-2H3,(H,16,20)(H,18,19)/t8-/m0/s1. The van der Waals surface area contributed by atoms with Gasteiger partial charge in [-0.2, -0.15) is 0 Å². The molecule has 0 aliphatic carbocycles. The zero-order chi connectivity index (χ0) is 15.3. The van der Waals surface area contributed by atoms with Crippen LogP contribution in [0, 0.1) is 5.82 Å². The van der Waals surface area contributed by atoms with Crippen molar-refractivity contribution in [2.24, 2.45) is 0 Å². The molecule has 1 aromatic carbocycles. The maximum atomic E-state index is 12.9. The van der Waals surface area contributed by atoms with E-state index in [4.69, 9.17) is 16.7 Å². The fourth-order valence-electron chi connectivity index (χ4n) is 1.59. The molecule has 0 radical (unpaired) electrons. The summed E-state index contributed by atoms with van der Waals surface area (Å²) in [6, 6.07) is 3.10. The summed E-state index contributed by atoms with van der Waals surface area (Å²) in [5, 5.41) is 11.4. The quantitative estimate of drug-likeness (QED) is 0.878. The number of carbonyl (C=O) groups excluding carboxylic acids is 1. The average Bonchev–Trinajstić information content (AvgIpc) is 2.35. The van der Waals surface area contributed by atoms with Gasteiger partial charge in [-0.25, -0.2) is 9.18 Å². The third-order valence-corrected chi connectivity index (χ3v) is 3.10. The van der Waals surface area contributed by atoms with Crippen molar-refractivity contribution in [1.82, 2.24) is 10.2 Å². The molecule has 0 aliphatic rings. The number of nitrogens with zero attached hydrogens (tertiary/aromatic N) is 1. The lowest BCUT2D eigenvalue weighted by atomic mass is 10.1. The van der Waals surface area contributed by atoms with Gasteiger partial charge in [0.25, 0.3) is 0 Å². The SMILES string of the molecule is C[C@H](NC(=O)N(C)CCC(=O)O)c1ccc(F)cc1Cl. The number of carbonyl (C=O) groups is 2. The summed E-state index contributed by atoms with van der Waals surface area (Å²) >= 11 is 5.91. The normalized spacial score (nSPS) is 11.8. The number of rotatable bonds is 5. The van der Waals surface area contributed by atoms with Crippen LogP contribution >= 0.6 is 11.6 Å². The Hall–Kier alpha value is -1.82. The van der Waals surface area contributed by atoms with E-state index in [2.05, 4.69) is 5.32 Å². The highest BCUT2D eigenvalue weighted by molar-refractivity contribution is 6.31. The molecule has 0 aliphatic heterocycles. The molecular formula is C13H16ClFN2O3. The Kier molecular flexibility index (Phi) is 5.76. The van der Waals surface area contributed by atoms with Gasteiger partial charge in [-0.15, -0.1) is 0 Å². The maximum Gasteiger partial charge on any atom is 0.317 e. The number of aliphatic carboxylic acids is 1. The number of hydrogen-bond acceptors (Lipinski definition) is 2. The molecular weight excluding hydrogens is 287 g/mol. The Morgan fingerprint density at radius 2 is 2.15 bits per heavy atom. The van der Waals surface area contributed by atoms with Crippen LogP contribution in [0.2, 0.25) is 5.02 Å². The van der Waals surface area contributed by atoms with Crippen LogP contribution in [0.5, 0.6) is 0 Å². The zero-order valence-corrected chi connectivity index (χ0v) is 11.9. The van der Waals surface area contributed by atoms with E-state index in [1.807, 2.05) is 0 Å². The summed E-state index contributed by atoms with van der Waals surface area (Å²) in [6.07, 6.45) is -0.129. The fourth-order valence-corrected chi connectivity index (χ4v) is 1.92. The highest BCUT2D eigenvalue weighted by atomic mass is 35.5. The van der Waals surface area contributed by atoms with E-state index in [0.717, 1.165) is 0 Å². The van der Waals surface area contributed by atoms with Crippen LogP contribution in [0.4, 0.5) is 9.18 Å². The molecule has 0 saturated carbocycles. The molecule has 0 bridgehead atoms. The molecule has 0 unspecified atom stereocenters. The largest absolute Gasteiger partial charge is 0.481 e. The summed E-state index contributed by atoms with van der Waals surface area (Å²) in [4.78, 5) is 23.5. The third-order valence-electron chi connectivity index (χ3n) is 2.78. The summed E-state index contributed by atoms with van der Waals surface area (Å²) in [5.74, 6) is -1.42. The second kappa shape index (κ2) is 7.09. The van der Waals surface area contributed by atoms with Crippen LogP contribution in [-0.4, -0.2) is 35.6 Å². The number of amides is 2. The first-order chi connectivity index (χ1) is 9.31. The van der Waals surface area contributed by atoms with Gasteiger partial charge in [0.2, 0.25) is 0 Å². The molecule has 0 saturated heterocycles. The first-order valence-corrected chi connectivity index (χ1v) is 6.37. The molecule has 1 atom stereocenters. The fraction of sp³-hybridized carbons (Fsp3) is 0.385. The molecule has 2 amide bonds. The molecule has 0 aromatic heterocycles. The van der Waals surface area contributed by atoms with E-state index in [0.29, 0.717) is 5.56 Å². The van der Waals surface area contributed by atoms with Crippen molar-refractivity contribution < 1.29 is 19.1 Å². The number of urea groups is 1. The van der Waals surface area contributed by atoms with Gasteiger partial charge in [0.15, 0.2) is 0 Å². The monoisotopic (exact) mass is 302 g/mol. The number of halogens is 2. The highest BCUT2D eigenvalue weighted by Gasteiger charge is 2.16. The smallest absolute Gasteiger partial charge is 0.317 e. The maximum absolute atomic E-state index is 12.9. The number of benzene rings is 1. The topological polar surface area (TPSA) is 69.6 Å². The van der Waals surface area contributed by atoms with Gasteiger partial charge in [0, 0.05) is 18.6 Å². The van der Waals surface area contributed by atoms with E-state index < -0.39 is 23.9 Å². The summed E-state index contributed by atoms with van der Waals surface area (Å²) in [5.41, 5.74) is 0.591. The van der Waals surface area contributed by atoms with Gasteiger partial charge in [-0.3, -0.25) is 4.79 Å². The number of hydrogen-bond donors (Lipinski definition) is 2. The number of carboxylic acid groups (broad SMARTS) is 1. The van der Waals surface area contributed by atoms with Crippen LogP contribution in [0.3, 0.4) is 0 Å². The second-order valence-corrected chi connectivity index (χ2v) is 4.81. The molecule has 7 heteroatoms. The molecule has 0 heterocycles. The third kappa shape index (κ3) is 4.70. The molecule has 0 fully saturated rings. The van der Waals surface area contributed by atoms with Crippen LogP contribution in [-0.2, 0) is 4.79 Å². The van der Waals surface area contributed by atoms with Crippen molar-refractivity contribution in [2.45, 2.75) is 19.4 Å².